The van der Waals surface area contributed by atoms with Crippen molar-refractivity contribution in [2.45, 2.75) is 19.8 Å². The number of nitrogens with one attached hydrogen (secondary N) is 1. The molecule has 0 bridgehead atoms. The summed E-state index contributed by atoms with van der Waals surface area (Å²) in [5.41, 5.74) is 1.27. The highest BCUT2D eigenvalue weighted by Crippen LogP contribution is 2.13. The largest absolute Gasteiger partial charge is 0.484 e. The molecule has 0 fully saturated rings. The molecule has 17 heavy (non-hydrogen) atoms. The Bertz CT molecular complexity index is 390. The van der Waals surface area contributed by atoms with E-state index in [9.17, 15) is 4.79 Å². The van der Waals surface area contributed by atoms with Crippen LogP contribution in [-0.4, -0.2) is 19.1 Å². The average Bonchev–Trinajstić information content (AvgIpc) is 2.36. The van der Waals surface area contributed by atoms with Gasteiger partial charge in [-0.15, -0.1) is 6.42 Å². The van der Waals surface area contributed by atoms with Crippen LogP contribution in [0.2, 0.25) is 0 Å². The first-order valence-corrected chi connectivity index (χ1v) is 5.68. The second-order valence-electron chi connectivity index (χ2n) is 3.66. The van der Waals surface area contributed by atoms with E-state index in [1.54, 1.807) is 0 Å². The summed E-state index contributed by atoms with van der Waals surface area (Å²) in [4.78, 5) is 11.2. The molecule has 1 amide bonds. The zero-order valence-electron chi connectivity index (χ0n) is 10.0. The molecular formula is C14H17NO2. The fourth-order valence-electron chi connectivity index (χ4n) is 1.39. The minimum Gasteiger partial charge on any atom is -0.484 e. The lowest BCUT2D eigenvalue weighted by Crippen LogP contribution is -2.28. The SMILES string of the molecule is C#CCNC(=O)COc1ccc(CCC)cc1. The van der Waals surface area contributed by atoms with Crippen LogP contribution in [0, 0.1) is 12.3 Å². The Morgan fingerprint density at radius 1 is 1.41 bits per heavy atom. The molecular weight excluding hydrogens is 214 g/mol. The molecule has 0 unspecified atom stereocenters. The third kappa shape index (κ3) is 5.07. The van der Waals surface area contributed by atoms with Crippen LogP contribution in [0.3, 0.4) is 0 Å². The molecule has 0 saturated carbocycles. The molecule has 0 saturated heterocycles. The van der Waals surface area contributed by atoms with E-state index in [1.165, 1.54) is 5.56 Å². The predicted molar refractivity (Wildman–Crippen MR) is 67.8 cm³/mol. The van der Waals surface area contributed by atoms with Crippen LogP contribution in [0.5, 0.6) is 5.75 Å². The number of hydrogen-bond donors (Lipinski definition) is 1. The molecule has 0 aliphatic rings. The van der Waals surface area contributed by atoms with E-state index in [0.717, 1.165) is 12.8 Å². The van der Waals surface area contributed by atoms with Crippen LogP contribution in [0.1, 0.15) is 18.9 Å². The lowest BCUT2D eigenvalue weighted by Gasteiger charge is -2.06. The van der Waals surface area contributed by atoms with Crippen molar-refractivity contribution in [2.75, 3.05) is 13.2 Å². The van der Waals surface area contributed by atoms with E-state index in [2.05, 4.69) is 18.2 Å². The Labute approximate surface area is 102 Å². The van der Waals surface area contributed by atoms with Crippen molar-refractivity contribution in [3.8, 4) is 18.1 Å². The Hall–Kier alpha value is -1.95. The van der Waals surface area contributed by atoms with Crippen LogP contribution in [0.25, 0.3) is 0 Å². The summed E-state index contributed by atoms with van der Waals surface area (Å²) in [5.74, 6) is 2.82. The lowest BCUT2D eigenvalue weighted by molar-refractivity contribution is -0.122. The van der Waals surface area contributed by atoms with Gasteiger partial charge in [0.1, 0.15) is 5.75 Å². The first kappa shape index (κ1) is 13.1. The average molecular weight is 231 g/mol. The fourth-order valence-corrected chi connectivity index (χ4v) is 1.39. The van der Waals surface area contributed by atoms with Crippen molar-refractivity contribution in [3.63, 3.8) is 0 Å². The molecule has 1 rings (SSSR count). The van der Waals surface area contributed by atoms with Gasteiger partial charge < -0.3 is 10.1 Å². The number of carbonyl (C=O) groups is 1. The van der Waals surface area contributed by atoms with E-state index >= 15 is 0 Å². The van der Waals surface area contributed by atoms with Crippen LogP contribution in [-0.2, 0) is 11.2 Å². The number of aryl methyl sites for hydroxylation is 1. The quantitative estimate of drug-likeness (QED) is 0.758. The Morgan fingerprint density at radius 2 is 2.12 bits per heavy atom. The molecule has 1 aromatic rings. The van der Waals surface area contributed by atoms with Crippen molar-refractivity contribution in [3.05, 3.63) is 29.8 Å². The van der Waals surface area contributed by atoms with Gasteiger partial charge in [-0.1, -0.05) is 31.4 Å². The number of hydrogen-bond acceptors (Lipinski definition) is 2. The molecule has 0 aliphatic heterocycles. The molecule has 1 N–H and O–H groups in total. The van der Waals surface area contributed by atoms with Gasteiger partial charge in [-0.25, -0.2) is 0 Å². The van der Waals surface area contributed by atoms with Gasteiger partial charge >= 0.3 is 0 Å². The Morgan fingerprint density at radius 3 is 2.71 bits per heavy atom. The lowest BCUT2D eigenvalue weighted by atomic mass is 10.1. The first-order valence-electron chi connectivity index (χ1n) is 5.68. The molecule has 1 aromatic carbocycles. The van der Waals surface area contributed by atoms with Crippen LogP contribution in [0.15, 0.2) is 24.3 Å². The van der Waals surface area contributed by atoms with Crippen molar-refractivity contribution < 1.29 is 9.53 Å². The fraction of sp³-hybridized carbons (Fsp3) is 0.357. The van der Waals surface area contributed by atoms with E-state index in [0.29, 0.717) is 5.75 Å². The minimum atomic E-state index is -0.208. The first-order chi connectivity index (χ1) is 8.26. The normalized spacial score (nSPS) is 9.41. The Balaban J connectivity index is 2.37. The number of amides is 1. The molecule has 0 aliphatic carbocycles. The molecule has 90 valence electrons. The summed E-state index contributed by atoms with van der Waals surface area (Å²) in [6.45, 7) is 2.37. The summed E-state index contributed by atoms with van der Waals surface area (Å²) >= 11 is 0. The van der Waals surface area contributed by atoms with Gasteiger partial charge in [0.15, 0.2) is 6.61 Å². The van der Waals surface area contributed by atoms with Gasteiger partial charge in [0.25, 0.3) is 5.91 Å². The van der Waals surface area contributed by atoms with E-state index in [1.807, 2.05) is 24.3 Å². The smallest absolute Gasteiger partial charge is 0.258 e. The summed E-state index contributed by atoms with van der Waals surface area (Å²) in [6, 6.07) is 7.77. The number of benzene rings is 1. The van der Waals surface area contributed by atoms with Gasteiger partial charge in [-0.2, -0.15) is 0 Å². The maximum Gasteiger partial charge on any atom is 0.258 e. The van der Waals surface area contributed by atoms with Crippen LogP contribution >= 0.6 is 0 Å². The molecule has 0 heterocycles. The maximum atomic E-state index is 11.2. The number of ether oxygens (including phenoxy) is 1. The zero-order valence-corrected chi connectivity index (χ0v) is 10.0. The van der Waals surface area contributed by atoms with E-state index < -0.39 is 0 Å². The van der Waals surface area contributed by atoms with E-state index in [-0.39, 0.29) is 19.1 Å². The topological polar surface area (TPSA) is 38.3 Å². The minimum absolute atomic E-state index is 0.00515. The van der Waals surface area contributed by atoms with Crippen LogP contribution in [0.4, 0.5) is 0 Å². The maximum absolute atomic E-state index is 11.2. The third-order valence-corrected chi connectivity index (χ3v) is 2.22. The highest BCUT2D eigenvalue weighted by Gasteiger charge is 2.01. The van der Waals surface area contributed by atoms with Crippen molar-refractivity contribution >= 4 is 5.91 Å². The summed E-state index contributed by atoms with van der Waals surface area (Å²) in [5, 5.41) is 2.53. The molecule has 0 spiro atoms. The Kier molecular flexibility index (Phi) is 5.67. The van der Waals surface area contributed by atoms with Crippen molar-refractivity contribution in [1.29, 1.82) is 0 Å². The third-order valence-electron chi connectivity index (χ3n) is 2.22. The molecule has 0 aromatic heterocycles. The van der Waals surface area contributed by atoms with Crippen molar-refractivity contribution in [2.24, 2.45) is 0 Å². The van der Waals surface area contributed by atoms with Crippen LogP contribution < -0.4 is 10.1 Å². The number of rotatable bonds is 6. The van der Waals surface area contributed by atoms with Gasteiger partial charge in [0, 0.05) is 0 Å². The number of terminal acetylenes is 1. The zero-order chi connectivity index (χ0) is 12.5. The molecule has 3 nitrogen and oxygen atoms in total. The second kappa shape index (κ2) is 7.34. The van der Waals surface area contributed by atoms with Gasteiger partial charge in [-0.05, 0) is 24.1 Å². The molecule has 3 heteroatoms. The van der Waals surface area contributed by atoms with Gasteiger partial charge in [-0.3, -0.25) is 4.79 Å². The second-order valence-corrected chi connectivity index (χ2v) is 3.66. The van der Waals surface area contributed by atoms with E-state index in [4.69, 9.17) is 11.2 Å². The van der Waals surface area contributed by atoms with Gasteiger partial charge in [0.05, 0.1) is 6.54 Å². The molecule has 0 atom stereocenters. The highest BCUT2D eigenvalue weighted by atomic mass is 16.5. The molecule has 0 radical (unpaired) electrons. The monoisotopic (exact) mass is 231 g/mol. The summed E-state index contributed by atoms with van der Waals surface area (Å²) in [6.07, 6.45) is 7.20. The predicted octanol–water partition coefficient (Wildman–Crippen LogP) is 1.77. The van der Waals surface area contributed by atoms with Gasteiger partial charge in [0.2, 0.25) is 0 Å². The standard InChI is InChI=1S/C14H17NO2/c1-3-5-12-6-8-13(9-7-12)17-11-14(16)15-10-4-2/h2,6-9H,3,5,10-11H2,1H3,(H,15,16). The van der Waals surface area contributed by atoms with Crippen molar-refractivity contribution in [1.82, 2.24) is 5.32 Å². The summed E-state index contributed by atoms with van der Waals surface area (Å²) in [7, 11) is 0. The highest BCUT2D eigenvalue weighted by molar-refractivity contribution is 5.77. The number of carbonyl (C=O) groups excluding carboxylic acids is 1. The summed E-state index contributed by atoms with van der Waals surface area (Å²) < 4.78 is 5.32.